The summed E-state index contributed by atoms with van der Waals surface area (Å²) in [6, 6.07) is 9.61. The first-order valence-electron chi connectivity index (χ1n) is 10.5. The summed E-state index contributed by atoms with van der Waals surface area (Å²) >= 11 is 0. The van der Waals surface area contributed by atoms with E-state index in [1.54, 1.807) is 20.8 Å². The summed E-state index contributed by atoms with van der Waals surface area (Å²) in [5.74, 6) is -2.20. The highest BCUT2D eigenvalue weighted by molar-refractivity contribution is 7.54. The number of methoxy groups -OCH3 is 1. The Balaban J connectivity index is 1.89. The highest BCUT2D eigenvalue weighted by Gasteiger charge is 2.48. The van der Waals surface area contributed by atoms with Crippen LogP contribution in [0.2, 0.25) is 0 Å². The standard InChI is InChI=1S/C22H32NO8P/c1-16(21(26)29-13-11-17-8-6-5-7-9-17)14-32(27)30-15-22(2,3)19(31-32)20(25)23-12-10-18(24)28-4/h5-9,16,19H,10-15H2,1-4H3,(H,23,25)/t16-,19+,32?/m1/s1. The Hall–Kier alpha value is -2.22. The summed E-state index contributed by atoms with van der Waals surface area (Å²) in [5.41, 5.74) is 0.297. The van der Waals surface area contributed by atoms with Gasteiger partial charge in [0.25, 0.3) is 0 Å². The molecule has 10 heteroatoms. The molecule has 178 valence electrons. The number of benzene rings is 1. The van der Waals surface area contributed by atoms with Crippen LogP contribution in [0.15, 0.2) is 30.3 Å². The minimum absolute atomic E-state index is 0.00933. The molecular weight excluding hydrogens is 437 g/mol. The highest BCUT2D eigenvalue weighted by Crippen LogP contribution is 2.57. The number of ether oxygens (including phenoxy) is 2. The predicted octanol–water partition coefficient (Wildman–Crippen LogP) is 2.72. The Bertz CT molecular complexity index is 842. The Labute approximate surface area is 188 Å². The van der Waals surface area contributed by atoms with Crippen LogP contribution >= 0.6 is 7.60 Å². The number of carbonyl (C=O) groups excluding carboxylic acids is 3. The fourth-order valence-corrected chi connectivity index (χ4v) is 5.43. The molecule has 1 N–H and O–H groups in total. The van der Waals surface area contributed by atoms with Crippen molar-refractivity contribution >= 4 is 25.4 Å². The van der Waals surface area contributed by atoms with Crippen molar-refractivity contribution in [3.05, 3.63) is 35.9 Å². The van der Waals surface area contributed by atoms with Crippen molar-refractivity contribution in [1.82, 2.24) is 5.32 Å². The van der Waals surface area contributed by atoms with Crippen LogP contribution in [0.3, 0.4) is 0 Å². The van der Waals surface area contributed by atoms with Gasteiger partial charge in [0.15, 0.2) is 6.10 Å². The maximum absolute atomic E-state index is 13.2. The molecule has 1 amide bonds. The molecule has 32 heavy (non-hydrogen) atoms. The first-order valence-corrected chi connectivity index (χ1v) is 12.3. The molecule has 1 saturated heterocycles. The van der Waals surface area contributed by atoms with Crippen molar-refractivity contribution in [1.29, 1.82) is 0 Å². The van der Waals surface area contributed by atoms with Gasteiger partial charge in [-0.15, -0.1) is 0 Å². The maximum atomic E-state index is 13.2. The van der Waals surface area contributed by atoms with E-state index in [1.165, 1.54) is 7.11 Å². The first-order chi connectivity index (χ1) is 15.1. The van der Waals surface area contributed by atoms with Crippen LogP contribution in [0.4, 0.5) is 0 Å². The molecule has 1 aliphatic heterocycles. The quantitative estimate of drug-likeness (QED) is 0.411. The largest absolute Gasteiger partial charge is 0.469 e. The molecule has 3 atom stereocenters. The molecule has 1 unspecified atom stereocenters. The lowest BCUT2D eigenvalue weighted by Gasteiger charge is -2.40. The lowest BCUT2D eigenvalue weighted by atomic mass is 9.87. The topological polar surface area (TPSA) is 117 Å². The van der Waals surface area contributed by atoms with Crippen molar-refractivity contribution in [2.75, 3.05) is 33.0 Å². The lowest BCUT2D eigenvalue weighted by molar-refractivity contribution is -0.147. The third-order valence-corrected chi connectivity index (χ3v) is 7.13. The van der Waals surface area contributed by atoms with E-state index in [-0.39, 0.29) is 32.3 Å². The highest BCUT2D eigenvalue weighted by atomic mass is 31.2. The Morgan fingerprint density at radius 3 is 2.59 bits per heavy atom. The van der Waals surface area contributed by atoms with Gasteiger partial charge < -0.3 is 19.3 Å². The SMILES string of the molecule is COC(=O)CCNC(=O)[C@@H]1OP(=O)(C[C@@H](C)C(=O)OCCc2ccccc2)OCC1(C)C. The monoisotopic (exact) mass is 469 g/mol. The third-order valence-electron chi connectivity index (χ3n) is 5.08. The van der Waals surface area contributed by atoms with Crippen LogP contribution in [-0.2, 0) is 43.9 Å². The van der Waals surface area contributed by atoms with E-state index in [0.717, 1.165) is 5.56 Å². The van der Waals surface area contributed by atoms with Crippen molar-refractivity contribution in [3.8, 4) is 0 Å². The van der Waals surface area contributed by atoms with Gasteiger partial charge in [-0.25, -0.2) is 0 Å². The molecule has 9 nitrogen and oxygen atoms in total. The van der Waals surface area contributed by atoms with Crippen molar-refractivity contribution < 1.29 is 37.5 Å². The van der Waals surface area contributed by atoms with Crippen LogP contribution in [-0.4, -0.2) is 57.0 Å². The first kappa shape index (κ1) is 26.0. The van der Waals surface area contributed by atoms with Gasteiger partial charge in [0.1, 0.15) is 0 Å². The molecule has 1 fully saturated rings. The van der Waals surface area contributed by atoms with E-state index < -0.39 is 42.9 Å². The summed E-state index contributed by atoms with van der Waals surface area (Å²) in [6.45, 7) is 5.39. The Morgan fingerprint density at radius 2 is 1.94 bits per heavy atom. The normalized spacial score (nSPS) is 23.1. The zero-order valence-corrected chi connectivity index (χ0v) is 19.9. The summed E-state index contributed by atoms with van der Waals surface area (Å²) in [6.07, 6.45) is -0.665. The van der Waals surface area contributed by atoms with Crippen LogP contribution in [0.25, 0.3) is 0 Å². The van der Waals surface area contributed by atoms with E-state index >= 15 is 0 Å². The zero-order chi connectivity index (χ0) is 23.8. The van der Waals surface area contributed by atoms with Gasteiger partial charge in [0.2, 0.25) is 5.91 Å². The molecule has 0 bridgehead atoms. The van der Waals surface area contributed by atoms with E-state index in [9.17, 15) is 18.9 Å². The van der Waals surface area contributed by atoms with E-state index in [4.69, 9.17) is 13.8 Å². The lowest BCUT2D eigenvalue weighted by Crippen LogP contribution is -2.50. The molecule has 1 aromatic carbocycles. The van der Waals surface area contributed by atoms with Gasteiger partial charge >= 0.3 is 19.5 Å². The smallest absolute Gasteiger partial charge is 0.332 e. The molecule has 1 aliphatic rings. The van der Waals surface area contributed by atoms with Crippen LogP contribution in [0.1, 0.15) is 32.8 Å². The third kappa shape index (κ3) is 7.73. The van der Waals surface area contributed by atoms with Crippen molar-refractivity contribution in [2.45, 2.75) is 39.7 Å². The molecule has 0 aromatic heterocycles. The molecular formula is C22H32NO8P. The fraction of sp³-hybridized carbons (Fsp3) is 0.591. The fourth-order valence-electron chi connectivity index (χ4n) is 3.12. The van der Waals surface area contributed by atoms with Gasteiger partial charge in [-0.05, 0) is 5.56 Å². The maximum Gasteiger partial charge on any atom is 0.332 e. The van der Waals surface area contributed by atoms with Gasteiger partial charge in [-0.2, -0.15) is 0 Å². The van der Waals surface area contributed by atoms with E-state index in [1.807, 2.05) is 30.3 Å². The second-order valence-corrected chi connectivity index (χ2v) is 10.5. The summed E-state index contributed by atoms with van der Waals surface area (Å²) in [5, 5.41) is 2.60. The minimum Gasteiger partial charge on any atom is -0.469 e. The van der Waals surface area contributed by atoms with Gasteiger partial charge in [-0.3, -0.25) is 23.5 Å². The average molecular weight is 469 g/mol. The van der Waals surface area contributed by atoms with E-state index in [2.05, 4.69) is 10.1 Å². The second kappa shape index (κ2) is 11.6. The molecule has 1 heterocycles. The number of hydrogen-bond donors (Lipinski definition) is 1. The number of esters is 2. The zero-order valence-electron chi connectivity index (χ0n) is 19.0. The summed E-state index contributed by atoms with van der Waals surface area (Å²) in [7, 11) is -2.45. The summed E-state index contributed by atoms with van der Waals surface area (Å²) in [4.78, 5) is 36.2. The molecule has 0 aliphatic carbocycles. The molecule has 1 aromatic rings. The van der Waals surface area contributed by atoms with Gasteiger partial charge in [0.05, 0.1) is 38.8 Å². The number of carbonyl (C=O) groups is 3. The molecule has 0 saturated carbocycles. The Kier molecular flexibility index (Phi) is 9.43. The van der Waals surface area contributed by atoms with Crippen LogP contribution in [0, 0.1) is 11.3 Å². The number of amides is 1. The van der Waals surface area contributed by atoms with Crippen LogP contribution in [0.5, 0.6) is 0 Å². The van der Waals surface area contributed by atoms with E-state index in [0.29, 0.717) is 6.42 Å². The predicted molar refractivity (Wildman–Crippen MR) is 117 cm³/mol. The van der Waals surface area contributed by atoms with Gasteiger partial charge in [0, 0.05) is 18.4 Å². The summed E-state index contributed by atoms with van der Waals surface area (Å²) < 4.78 is 34.1. The molecule has 0 spiro atoms. The van der Waals surface area contributed by atoms with Gasteiger partial charge in [-0.1, -0.05) is 51.1 Å². The number of rotatable bonds is 10. The van der Waals surface area contributed by atoms with Crippen molar-refractivity contribution in [2.24, 2.45) is 11.3 Å². The number of nitrogens with one attached hydrogen (secondary N) is 1. The minimum atomic E-state index is -3.71. The number of hydrogen-bond acceptors (Lipinski definition) is 8. The van der Waals surface area contributed by atoms with Crippen LogP contribution < -0.4 is 5.32 Å². The van der Waals surface area contributed by atoms with Crippen molar-refractivity contribution in [3.63, 3.8) is 0 Å². The Morgan fingerprint density at radius 1 is 1.25 bits per heavy atom. The molecule has 2 rings (SSSR count). The average Bonchev–Trinajstić information content (AvgIpc) is 2.76. The second-order valence-electron chi connectivity index (χ2n) is 8.46. The molecule has 0 radical (unpaired) electrons.